The quantitative estimate of drug-likeness (QED) is 0.670. The van der Waals surface area contributed by atoms with E-state index >= 15 is 0 Å². The van der Waals surface area contributed by atoms with Crippen molar-refractivity contribution in [3.05, 3.63) is 58.3 Å². The molecule has 0 fully saturated rings. The second kappa shape index (κ2) is 6.69. The molecule has 0 bridgehead atoms. The van der Waals surface area contributed by atoms with E-state index in [1.54, 1.807) is 12.1 Å². The van der Waals surface area contributed by atoms with Crippen LogP contribution in [0.2, 0.25) is 0 Å². The molecule has 2 N–H and O–H groups in total. The van der Waals surface area contributed by atoms with Gasteiger partial charge in [-0.2, -0.15) is 0 Å². The van der Waals surface area contributed by atoms with Crippen LogP contribution in [0.4, 0.5) is 10.1 Å². The fraction of sp³-hybridized carbons (Fsp3) is 0.278. The molecular formula is C18H18BrFN2OS. The monoisotopic (exact) mass is 408 g/mol. The summed E-state index contributed by atoms with van der Waals surface area (Å²) in [5.41, 5.74) is 1.09. The van der Waals surface area contributed by atoms with Crippen LogP contribution in [0.1, 0.15) is 31.9 Å². The molecule has 0 spiro atoms. The highest BCUT2D eigenvalue weighted by molar-refractivity contribution is 9.10. The summed E-state index contributed by atoms with van der Waals surface area (Å²) in [6, 6.07) is 12.7. The van der Waals surface area contributed by atoms with E-state index in [-0.39, 0.29) is 17.5 Å². The molecule has 1 heterocycles. The minimum absolute atomic E-state index is 0.00320. The highest BCUT2D eigenvalue weighted by atomic mass is 79.9. The molecule has 3 nitrogen and oxygen atoms in total. The predicted octanol–water partition coefficient (Wildman–Crippen LogP) is 5.18. The second-order valence-electron chi connectivity index (χ2n) is 6.38. The van der Waals surface area contributed by atoms with Gasteiger partial charge in [0.25, 0.3) is 0 Å². The van der Waals surface area contributed by atoms with Gasteiger partial charge in [0.05, 0.1) is 11.7 Å². The molecule has 0 saturated carbocycles. The zero-order valence-electron chi connectivity index (χ0n) is 13.4. The zero-order chi connectivity index (χ0) is 17.3. The van der Waals surface area contributed by atoms with Crippen LogP contribution >= 0.6 is 28.1 Å². The Balaban J connectivity index is 1.76. The number of para-hydroxylation sites is 1. The fourth-order valence-electron chi connectivity index (χ4n) is 2.84. The summed E-state index contributed by atoms with van der Waals surface area (Å²) in [5, 5.41) is 6.59. The maximum atomic E-state index is 14.0. The summed E-state index contributed by atoms with van der Waals surface area (Å²) in [7, 11) is 0. The molecule has 2 aromatic carbocycles. The van der Waals surface area contributed by atoms with Gasteiger partial charge in [0.2, 0.25) is 0 Å². The second-order valence-corrected chi connectivity index (χ2v) is 7.70. The van der Waals surface area contributed by atoms with Crippen LogP contribution in [0.15, 0.2) is 46.9 Å². The first-order valence-electron chi connectivity index (χ1n) is 7.64. The Kier molecular flexibility index (Phi) is 4.78. The van der Waals surface area contributed by atoms with E-state index in [4.69, 9.17) is 17.0 Å². The topological polar surface area (TPSA) is 33.3 Å². The number of benzene rings is 2. The molecule has 0 unspecified atom stereocenters. The number of nitrogens with one attached hydrogen (secondary N) is 2. The molecule has 0 aliphatic carbocycles. The molecule has 0 aromatic heterocycles. The normalized spacial score (nSPS) is 18.2. The van der Waals surface area contributed by atoms with Crippen LogP contribution in [0.25, 0.3) is 0 Å². The summed E-state index contributed by atoms with van der Waals surface area (Å²) in [6.07, 6.45) is 0.759. The van der Waals surface area contributed by atoms with E-state index < -0.39 is 0 Å². The van der Waals surface area contributed by atoms with Crippen LogP contribution in [0, 0.1) is 5.82 Å². The third-order valence-electron chi connectivity index (χ3n) is 3.86. The lowest BCUT2D eigenvalue weighted by Crippen LogP contribution is -2.42. The number of hydrogen-bond acceptors (Lipinski definition) is 2. The Morgan fingerprint density at radius 1 is 1.29 bits per heavy atom. The Morgan fingerprint density at radius 3 is 2.79 bits per heavy atom. The third kappa shape index (κ3) is 3.87. The first kappa shape index (κ1) is 17.2. The van der Waals surface area contributed by atoms with E-state index in [2.05, 4.69) is 26.6 Å². The molecule has 6 heteroatoms. The lowest BCUT2D eigenvalue weighted by Gasteiger charge is -2.38. The summed E-state index contributed by atoms with van der Waals surface area (Å²) >= 11 is 8.61. The maximum Gasteiger partial charge on any atom is 0.171 e. The SMILES string of the molecule is CC1(C)C[C@@H](NC(=S)Nc2ccc(Br)cc2F)c2ccccc2O1. The summed E-state index contributed by atoms with van der Waals surface area (Å²) in [4.78, 5) is 0. The molecule has 1 aliphatic rings. The minimum atomic E-state index is -0.360. The predicted molar refractivity (Wildman–Crippen MR) is 102 cm³/mol. The largest absolute Gasteiger partial charge is 0.487 e. The third-order valence-corrected chi connectivity index (χ3v) is 4.57. The molecule has 1 aliphatic heterocycles. The Hall–Kier alpha value is -1.66. The van der Waals surface area contributed by atoms with Gasteiger partial charge >= 0.3 is 0 Å². The lowest BCUT2D eigenvalue weighted by molar-refractivity contribution is 0.0697. The number of hydrogen-bond donors (Lipinski definition) is 2. The molecule has 0 saturated heterocycles. The minimum Gasteiger partial charge on any atom is -0.487 e. The van der Waals surface area contributed by atoms with E-state index in [0.717, 1.165) is 17.7 Å². The average molecular weight is 409 g/mol. The summed E-state index contributed by atoms with van der Waals surface area (Å²) in [5.74, 6) is 0.491. The van der Waals surface area contributed by atoms with Crippen molar-refractivity contribution in [3.63, 3.8) is 0 Å². The van der Waals surface area contributed by atoms with Crippen molar-refractivity contribution in [3.8, 4) is 5.75 Å². The molecule has 2 aromatic rings. The van der Waals surface area contributed by atoms with Crippen LogP contribution in [0.3, 0.4) is 0 Å². The van der Waals surface area contributed by atoms with Crippen LogP contribution in [-0.4, -0.2) is 10.7 Å². The van der Waals surface area contributed by atoms with Gasteiger partial charge in [-0.15, -0.1) is 0 Å². The van der Waals surface area contributed by atoms with E-state index in [1.165, 1.54) is 6.07 Å². The van der Waals surface area contributed by atoms with Crippen molar-refractivity contribution >= 4 is 38.9 Å². The van der Waals surface area contributed by atoms with Gasteiger partial charge in [-0.3, -0.25) is 0 Å². The van der Waals surface area contributed by atoms with Gasteiger partial charge in [-0.05, 0) is 50.3 Å². The Morgan fingerprint density at radius 2 is 2.04 bits per heavy atom. The number of thiocarbonyl (C=S) groups is 1. The first-order chi connectivity index (χ1) is 11.3. The Labute approximate surface area is 154 Å². The molecule has 3 rings (SSSR count). The van der Waals surface area contributed by atoms with Crippen molar-refractivity contribution in [1.29, 1.82) is 0 Å². The van der Waals surface area contributed by atoms with Gasteiger partial charge < -0.3 is 15.4 Å². The summed E-state index contributed by atoms with van der Waals surface area (Å²) in [6.45, 7) is 4.09. The first-order valence-corrected chi connectivity index (χ1v) is 8.85. The standard InChI is InChI=1S/C18H18BrFN2OS/c1-18(2)10-15(12-5-3-4-6-16(12)23-18)22-17(24)21-14-8-7-11(19)9-13(14)20/h3-9,15H,10H2,1-2H3,(H2,21,22,24)/t15-/m1/s1. The Bertz CT molecular complexity index is 781. The molecule has 1 atom stereocenters. The highest BCUT2D eigenvalue weighted by Crippen LogP contribution is 2.39. The van der Waals surface area contributed by atoms with Crippen LogP contribution in [0.5, 0.6) is 5.75 Å². The smallest absolute Gasteiger partial charge is 0.171 e. The fourth-order valence-corrected chi connectivity index (χ4v) is 3.42. The van der Waals surface area contributed by atoms with Crippen LogP contribution < -0.4 is 15.4 Å². The molecule has 24 heavy (non-hydrogen) atoms. The van der Waals surface area contributed by atoms with Crippen molar-refractivity contribution in [2.45, 2.75) is 31.9 Å². The lowest BCUT2D eigenvalue weighted by atomic mass is 9.90. The molecule has 126 valence electrons. The van der Waals surface area contributed by atoms with Crippen molar-refractivity contribution in [2.24, 2.45) is 0 Å². The van der Waals surface area contributed by atoms with Gasteiger partial charge in [-0.1, -0.05) is 34.1 Å². The highest BCUT2D eigenvalue weighted by Gasteiger charge is 2.33. The number of ether oxygens (including phenoxy) is 1. The average Bonchev–Trinajstić information content (AvgIpc) is 2.49. The van der Waals surface area contributed by atoms with Crippen LogP contribution in [-0.2, 0) is 0 Å². The number of anilines is 1. The van der Waals surface area contributed by atoms with Crippen molar-refractivity contribution < 1.29 is 9.13 Å². The van der Waals surface area contributed by atoms with E-state index in [1.807, 2.05) is 38.1 Å². The van der Waals surface area contributed by atoms with Crippen molar-refractivity contribution in [2.75, 3.05) is 5.32 Å². The number of halogens is 2. The molecule has 0 radical (unpaired) electrons. The number of rotatable bonds is 2. The summed E-state index contributed by atoms with van der Waals surface area (Å²) < 4.78 is 20.6. The van der Waals surface area contributed by atoms with Crippen molar-refractivity contribution in [1.82, 2.24) is 5.32 Å². The number of fused-ring (bicyclic) bond motifs is 1. The van der Waals surface area contributed by atoms with Gasteiger partial charge in [-0.25, -0.2) is 4.39 Å². The van der Waals surface area contributed by atoms with Gasteiger partial charge in [0.1, 0.15) is 17.2 Å². The van der Waals surface area contributed by atoms with E-state index in [9.17, 15) is 4.39 Å². The zero-order valence-corrected chi connectivity index (χ0v) is 15.8. The molecular weight excluding hydrogens is 391 g/mol. The van der Waals surface area contributed by atoms with Gasteiger partial charge in [0.15, 0.2) is 5.11 Å². The van der Waals surface area contributed by atoms with Gasteiger partial charge in [0, 0.05) is 16.5 Å². The molecule has 0 amide bonds. The maximum absolute atomic E-state index is 14.0. The van der Waals surface area contributed by atoms with E-state index in [0.29, 0.717) is 15.3 Å².